The number of nitrogen functional groups attached to an aromatic ring is 1. The van der Waals surface area contributed by atoms with E-state index < -0.39 is 17.6 Å². The molecular formula is C20H30N3O4PS2. The Kier molecular flexibility index (Phi) is 6.25. The van der Waals surface area contributed by atoms with Gasteiger partial charge < -0.3 is 19.5 Å². The molecule has 0 radical (unpaired) electrons. The third kappa shape index (κ3) is 4.30. The summed E-state index contributed by atoms with van der Waals surface area (Å²) in [6.45, 7) is 10.5. The number of nitrogens with zero attached hydrogens (tertiary/aromatic N) is 2. The standard InChI is InChI=1S/C20H30N3O4PS2/c1-5-14-15(11-18(25-14)23-9-7-17(21)22-19(23)24)26-28(29)27-16-10-13(12(2)3)6-8-20(16,4)30-28/h7,9,13-16,18H,2,5-6,8,10-11H2,1,3-4H3,(H2,21,22,24)/t13-,14-,15+,16+,18-,20+,28+/m1/s1. The number of nitrogens with two attached hydrogens (primary N) is 1. The predicted octanol–water partition coefficient (Wildman–Crippen LogP) is 4.40. The maximum atomic E-state index is 12.2. The second-order valence-electron chi connectivity index (χ2n) is 8.72. The van der Waals surface area contributed by atoms with Gasteiger partial charge >= 0.3 is 5.69 Å². The largest absolute Gasteiger partial charge is 0.383 e. The molecule has 2 saturated heterocycles. The van der Waals surface area contributed by atoms with E-state index in [0.29, 0.717) is 12.3 Å². The van der Waals surface area contributed by atoms with Gasteiger partial charge in [0.2, 0.25) is 5.69 Å². The van der Waals surface area contributed by atoms with E-state index in [1.165, 1.54) is 10.1 Å². The molecule has 2 aliphatic heterocycles. The summed E-state index contributed by atoms with van der Waals surface area (Å²) in [5.74, 6) is 0.682. The zero-order chi connectivity index (χ0) is 21.7. The molecule has 4 rings (SSSR count). The summed E-state index contributed by atoms with van der Waals surface area (Å²) >= 11 is 7.66. The summed E-state index contributed by atoms with van der Waals surface area (Å²) in [7, 11) is 0. The molecule has 7 atom stereocenters. The van der Waals surface area contributed by atoms with Crippen LogP contribution in [-0.4, -0.2) is 32.6 Å². The first kappa shape index (κ1) is 22.5. The Morgan fingerprint density at radius 3 is 3.00 bits per heavy atom. The van der Waals surface area contributed by atoms with E-state index in [1.54, 1.807) is 23.6 Å². The van der Waals surface area contributed by atoms with Crippen LogP contribution in [0.3, 0.4) is 0 Å². The summed E-state index contributed by atoms with van der Waals surface area (Å²) in [5.41, 5.74) is 3.88. The van der Waals surface area contributed by atoms with Crippen LogP contribution in [0.4, 0.5) is 5.82 Å². The van der Waals surface area contributed by atoms with Crippen LogP contribution in [0.25, 0.3) is 0 Å². The molecule has 0 amide bonds. The van der Waals surface area contributed by atoms with Crippen LogP contribution in [0.5, 0.6) is 0 Å². The highest BCUT2D eigenvalue weighted by Gasteiger charge is 2.54. The molecule has 1 aliphatic carbocycles. The minimum absolute atomic E-state index is 0.0140. The van der Waals surface area contributed by atoms with Crippen molar-refractivity contribution in [3.63, 3.8) is 0 Å². The van der Waals surface area contributed by atoms with E-state index in [1.807, 2.05) is 6.92 Å². The van der Waals surface area contributed by atoms with E-state index in [-0.39, 0.29) is 28.9 Å². The Balaban J connectivity index is 1.48. The van der Waals surface area contributed by atoms with Crippen LogP contribution in [0.2, 0.25) is 0 Å². The summed E-state index contributed by atoms with van der Waals surface area (Å²) in [6, 6.07) is 1.60. The van der Waals surface area contributed by atoms with Gasteiger partial charge in [-0.25, -0.2) is 4.79 Å². The number of ether oxygens (including phenoxy) is 1. The third-order valence-corrected chi connectivity index (χ3v) is 12.2. The van der Waals surface area contributed by atoms with Crippen molar-refractivity contribution in [2.24, 2.45) is 5.92 Å². The molecule has 2 N–H and O–H groups in total. The average molecular weight is 472 g/mol. The maximum absolute atomic E-state index is 12.2. The molecule has 1 aromatic rings. The monoisotopic (exact) mass is 471 g/mol. The van der Waals surface area contributed by atoms with Gasteiger partial charge in [0.1, 0.15) is 12.0 Å². The average Bonchev–Trinajstić information content (AvgIpc) is 3.17. The number of allylic oxidation sites excluding steroid dienone is 1. The number of fused-ring (bicyclic) bond motifs is 1. The molecule has 1 aromatic heterocycles. The molecule has 0 bridgehead atoms. The lowest BCUT2D eigenvalue weighted by molar-refractivity contribution is -0.0186. The van der Waals surface area contributed by atoms with E-state index in [4.69, 9.17) is 31.3 Å². The predicted molar refractivity (Wildman–Crippen MR) is 124 cm³/mol. The van der Waals surface area contributed by atoms with E-state index in [9.17, 15) is 4.79 Å². The van der Waals surface area contributed by atoms with Crippen LogP contribution >= 0.6 is 17.1 Å². The van der Waals surface area contributed by atoms with Crippen molar-refractivity contribution in [1.29, 1.82) is 0 Å². The molecule has 30 heavy (non-hydrogen) atoms. The zero-order valence-electron chi connectivity index (χ0n) is 17.7. The Morgan fingerprint density at radius 2 is 2.33 bits per heavy atom. The topological polar surface area (TPSA) is 88.6 Å². The minimum Gasteiger partial charge on any atom is -0.383 e. The molecule has 0 aromatic carbocycles. The van der Waals surface area contributed by atoms with E-state index >= 15 is 0 Å². The van der Waals surface area contributed by atoms with Crippen molar-refractivity contribution in [3.05, 3.63) is 34.9 Å². The molecule has 3 fully saturated rings. The van der Waals surface area contributed by atoms with Gasteiger partial charge in [0.05, 0.1) is 18.3 Å². The molecule has 0 unspecified atom stereocenters. The minimum atomic E-state index is -2.52. The number of hydrogen-bond acceptors (Lipinski definition) is 8. The molecule has 7 nitrogen and oxygen atoms in total. The maximum Gasteiger partial charge on any atom is 0.351 e. The van der Waals surface area contributed by atoms with Gasteiger partial charge in [-0.2, -0.15) is 4.98 Å². The van der Waals surface area contributed by atoms with Crippen molar-refractivity contribution in [3.8, 4) is 0 Å². The Morgan fingerprint density at radius 1 is 1.57 bits per heavy atom. The van der Waals surface area contributed by atoms with Crippen LogP contribution in [0, 0.1) is 5.92 Å². The first-order chi connectivity index (χ1) is 14.1. The lowest BCUT2D eigenvalue weighted by atomic mass is 9.77. The fraction of sp³-hybridized carbons (Fsp3) is 0.700. The van der Waals surface area contributed by atoms with Gasteiger partial charge in [0.25, 0.3) is 0 Å². The third-order valence-electron chi connectivity index (χ3n) is 6.45. The zero-order valence-corrected chi connectivity index (χ0v) is 20.2. The lowest BCUT2D eigenvalue weighted by Crippen LogP contribution is -2.39. The first-order valence-electron chi connectivity index (χ1n) is 10.5. The Hall–Kier alpha value is -0.700. The van der Waals surface area contributed by atoms with Crippen molar-refractivity contribution in [1.82, 2.24) is 9.55 Å². The molecule has 3 aliphatic rings. The summed E-state index contributed by atoms with van der Waals surface area (Å²) in [4.78, 5) is 16.0. The molecule has 166 valence electrons. The number of hydrogen-bond donors (Lipinski definition) is 1. The number of aromatic nitrogens is 2. The summed E-state index contributed by atoms with van der Waals surface area (Å²) in [6.07, 6.45) is 5.31. The molecule has 0 spiro atoms. The van der Waals surface area contributed by atoms with Crippen LogP contribution < -0.4 is 11.4 Å². The van der Waals surface area contributed by atoms with Gasteiger partial charge in [0, 0.05) is 17.4 Å². The van der Waals surface area contributed by atoms with Gasteiger partial charge in [0.15, 0.2) is 0 Å². The van der Waals surface area contributed by atoms with E-state index in [0.717, 1.165) is 25.7 Å². The fourth-order valence-electron chi connectivity index (χ4n) is 4.59. The molecular weight excluding hydrogens is 441 g/mol. The van der Waals surface area contributed by atoms with Crippen LogP contribution in [0.1, 0.15) is 59.1 Å². The van der Waals surface area contributed by atoms with Crippen LogP contribution in [0.15, 0.2) is 29.2 Å². The fourth-order valence-corrected chi connectivity index (χ4v) is 12.2. The second-order valence-corrected chi connectivity index (χ2v) is 15.3. The van der Waals surface area contributed by atoms with Gasteiger partial charge in [-0.1, -0.05) is 30.5 Å². The first-order valence-corrected chi connectivity index (χ1v) is 14.5. The van der Waals surface area contributed by atoms with Crippen molar-refractivity contribution in [2.75, 3.05) is 5.73 Å². The molecule has 1 saturated carbocycles. The van der Waals surface area contributed by atoms with E-state index in [2.05, 4.69) is 25.4 Å². The normalized spacial score (nSPS) is 41.0. The van der Waals surface area contributed by atoms with Crippen molar-refractivity contribution < 1.29 is 13.8 Å². The van der Waals surface area contributed by atoms with Gasteiger partial charge in [-0.15, -0.1) is 0 Å². The number of anilines is 1. The SMILES string of the molecule is C=C(C)[C@@H]1CC[C@]2(C)S[P@@](=S)(O[C@H]3C[C@H](n4ccc(N)nc4=O)O[C@@H]3CC)O[C@H]2C1. The number of rotatable bonds is 5. The highest BCUT2D eigenvalue weighted by atomic mass is 32.9. The quantitative estimate of drug-likeness (QED) is 0.499. The van der Waals surface area contributed by atoms with Gasteiger partial charge in [-0.05, 0) is 63.3 Å². The van der Waals surface area contributed by atoms with Crippen molar-refractivity contribution in [2.45, 2.75) is 82.2 Å². The van der Waals surface area contributed by atoms with Gasteiger partial charge in [-0.3, -0.25) is 4.57 Å². The van der Waals surface area contributed by atoms with Crippen LogP contribution in [-0.2, 0) is 25.6 Å². The smallest absolute Gasteiger partial charge is 0.351 e. The summed E-state index contributed by atoms with van der Waals surface area (Å²) < 4.78 is 20.5. The van der Waals surface area contributed by atoms with Crippen molar-refractivity contribution >= 4 is 34.7 Å². The summed E-state index contributed by atoms with van der Waals surface area (Å²) in [5, 5.41) is 0. The molecule has 10 heteroatoms. The highest BCUT2D eigenvalue weighted by Crippen LogP contribution is 2.76. The second kappa shape index (κ2) is 8.34. The molecule has 3 heterocycles. The lowest BCUT2D eigenvalue weighted by Gasteiger charge is -2.37. The highest BCUT2D eigenvalue weighted by molar-refractivity contribution is 8.68. The Bertz CT molecular complexity index is 941. The Labute approximate surface area is 186 Å².